The summed E-state index contributed by atoms with van der Waals surface area (Å²) in [7, 11) is 0. The minimum absolute atomic E-state index is 0.0230. The van der Waals surface area contributed by atoms with Gasteiger partial charge in [0.15, 0.2) is 11.4 Å². The Morgan fingerprint density at radius 3 is 2.45 bits per heavy atom. The summed E-state index contributed by atoms with van der Waals surface area (Å²) in [5, 5.41) is 17.3. The normalized spacial score (nSPS) is 12.0. The van der Waals surface area contributed by atoms with Gasteiger partial charge < -0.3 is 9.47 Å². The lowest BCUT2D eigenvalue weighted by molar-refractivity contribution is 0.0964. The molecule has 3 aromatic rings. The number of nitrogens with zero attached hydrogens (tertiary/aromatic N) is 4. The molecular formula is C25H35N5O3. The van der Waals surface area contributed by atoms with E-state index in [1.807, 2.05) is 19.1 Å². The fourth-order valence-corrected chi connectivity index (χ4v) is 3.53. The standard InChI is InChI=1S/C25H35N5O3/c1-7-20(8-2)33-23-11-10-22-27-29(24(26)30(22)28-23)15-21(31)18-12-17(16-32-9-3)13-19(14-18)25(4,5)6/h10-14,20,26H,7-9,15-16H2,1-6H3. The van der Waals surface area contributed by atoms with Crippen LogP contribution in [0.4, 0.5) is 0 Å². The largest absolute Gasteiger partial charge is 0.473 e. The number of ketones is 1. The maximum atomic E-state index is 13.2. The highest BCUT2D eigenvalue weighted by Crippen LogP contribution is 2.25. The third kappa shape index (κ3) is 5.87. The molecule has 1 aromatic carbocycles. The van der Waals surface area contributed by atoms with Crippen LogP contribution in [0.3, 0.4) is 0 Å². The van der Waals surface area contributed by atoms with E-state index >= 15 is 0 Å². The van der Waals surface area contributed by atoms with Crippen molar-refractivity contribution >= 4 is 11.4 Å². The topological polar surface area (TPSA) is 94.5 Å². The quantitative estimate of drug-likeness (QED) is 0.462. The third-order valence-corrected chi connectivity index (χ3v) is 5.60. The summed E-state index contributed by atoms with van der Waals surface area (Å²) in [5.74, 6) is 0.327. The van der Waals surface area contributed by atoms with Crippen LogP contribution >= 0.6 is 0 Å². The van der Waals surface area contributed by atoms with Crippen molar-refractivity contribution in [1.29, 1.82) is 5.41 Å². The summed E-state index contributed by atoms with van der Waals surface area (Å²) in [4.78, 5) is 13.2. The van der Waals surface area contributed by atoms with Crippen molar-refractivity contribution in [3.63, 3.8) is 0 Å². The Balaban J connectivity index is 1.90. The molecule has 178 valence electrons. The second-order valence-corrected chi connectivity index (χ2v) is 9.21. The molecule has 0 aliphatic heterocycles. The second kappa shape index (κ2) is 10.3. The lowest BCUT2D eigenvalue weighted by Crippen LogP contribution is -2.27. The van der Waals surface area contributed by atoms with Gasteiger partial charge >= 0.3 is 0 Å². The maximum absolute atomic E-state index is 13.2. The monoisotopic (exact) mass is 453 g/mol. The Hall–Kier alpha value is -3.00. The molecule has 8 nitrogen and oxygen atoms in total. The number of ether oxygens (including phenoxy) is 2. The number of nitrogens with one attached hydrogen (secondary N) is 1. The van der Waals surface area contributed by atoms with Crippen LogP contribution in [-0.4, -0.2) is 37.9 Å². The molecule has 0 bridgehead atoms. The summed E-state index contributed by atoms with van der Waals surface area (Å²) in [6.45, 7) is 13.4. The molecule has 0 aliphatic rings. The van der Waals surface area contributed by atoms with Crippen LogP contribution in [0.2, 0.25) is 0 Å². The highest BCUT2D eigenvalue weighted by molar-refractivity contribution is 5.96. The molecule has 0 spiro atoms. The Labute approximate surface area is 195 Å². The van der Waals surface area contributed by atoms with Crippen LogP contribution in [0.1, 0.15) is 75.9 Å². The van der Waals surface area contributed by atoms with Gasteiger partial charge in [0, 0.05) is 18.2 Å². The molecule has 2 heterocycles. The summed E-state index contributed by atoms with van der Waals surface area (Å²) >= 11 is 0. The highest BCUT2D eigenvalue weighted by atomic mass is 16.5. The zero-order valence-electron chi connectivity index (χ0n) is 20.5. The third-order valence-electron chi connectivity index (χ3n) is 5.60. The highest BCUT2D eigenvalue weighted by Gasteiger charge is 2.19. The lowest BCUT2D eigenvalue weighted by Gasteiger charge is -2.21. The Morgan fingerprint density at radius 2 is 1.82 bits per heavy atom. The predicted octanol–water partition coefficient (Wildman–Crippen LogP) is 4.29. The summed E-state index contributed by atoms with van der Waals surface area (Å²) in [6.07, 6.45) is 1.82. The second-order valence-electron chi connectivity index (χ2n) is 9.21. The summed E-state index contributed by atoms with van der Waals surface area (Å²) in [5.41, 5.74) is 3.03. The zero-order valence-corrected chi connectivity index (χ0v) is 20.5. The van der Waals surface area contributed by atoms with E-state index in [1.54, 1.807) is 12.1 Å². The fraction of sp³-hybridized carbons (Fsp3) is 0.520. The molecule has 0 saturated heterocycles. The molecule has 0 fully saturated rings. The summed E-state index contributed by atoms with van der Waals surface area (Å²) in [6, 6.07) is 9.39. The van der Waals surface area contributed by atoms with Crippen LogP contribution < -0.4 is 10.4 Å². The van der Waals surface area contributed by atoms with Gasteiger partial charge in [0.2, 0.25) is 11.5 Å². The average Bonchev–Trinajstić information content (AvgIpc) is 3.09. The van der Waals surface area contributed by atoms with Crippen LogP contribution in [0.25, 0.3) is 5.65 Å². The van der Waals surface area contributed by atoms with E-state index in [4.69, 9.17) is 14.9 Å². The van der Waals surface area contributed by atoms with Gasteiger partial charge in [-0.25, -0.2) is 4.68 Å². The minimum Gasteiger partial charge on any atom is -0.473 e. The molecule has 0 saturated carbocycles. The molecule has 0 unspecified atom stereocenters. The predicted molar refractivity (Wildman–Crippen MR) is 127 cm³/mol. The number of hydrogen-bond acceptors (Lipinski definition) is 6. The van der Waals surface area contributed by atoms with E-state index in [1.165, 1.54) is 9.20 Å². The number of carbonyl (C=O) groups is 1. The van der Waals surface area contributed by atoms with Crippen LogP contribution in [-0.2, 0) is 23.3 Å². The number of rotatable bonds is 10. The smallest absolute Gasteiger partial charge is 0.242 e. The van der Waals surface area contributed by atoms with Crippen LogP contribution in [0, 0.1) is 5.41 Å². The molecule has 33 heavy (non-hydrogen) atoms. The van der Waals surface area contributed by atoms with Crippen molar-refractivity contribution in [2.24, 2.45) is 0 Å². The van der Waals surface area contributed by atoms with Crippen molar-refractivity contribution in [2.75, 3.05) is 6.61 Å². The van der Waals surface area contributed by atoms with Gasteiger partial charge in [0.05, 0.1) is 12.7 Å². The van der Waals surface area contributed by atoms with E-state index in [2.05, 4.69) is 50.9 Å². The average molecular weight is 454 g/mol. The van der Waals surface area contributed by atoms with Gasteiger partial charge in [-0.05, 0) is 54.5 Å². The molecule has 0 aliphatic carbocycles. The number of benzene rings is 1. The number of aromatic nitrogens is 4. The summed E-state index contributed by atoms with van der Waals surface area (Å²) < 4.78 is 14.2. The first-order valence-electron chi connectivity index (χ1n) is 11.6. The van der Waals surface area contributed by atoms with Crippen molar-refractivity contribution in [3.8, 4) is 5.88 Å². The van der Waals surface area contributed by atoms with E-state index in [-0.39, 0.29) is 29.5 Å². The van der Waals surface area contributed by atoms with Gasteiger partial charge in [-0.15, -0.1) is 10.2 Å². The van der Waals surface area contributed by atoms with Crippen molar-refractivity contribution < 1.29 is 14.3 Å². The molecule has 0 amide bonds. The van der Waals surface area contributed by atoms with Crippen LogP contribution in [0.5, 0.6) is 5.88 Å². The van der Waals surface area contributed by atoms with Crippen molar-refractivity contribution in [1.82, 2.24) is 19.4 Å². The molecular weight excluding hydrogens is 418 g/mol. The lowest BCUT2D eigenvalue weighted by atomic mass is 9.84. The van der Waals surface area contributed by atoms with Gasteiger partial charge in [0.1, 0.15) is 6.54 Å². The van der Waals surface area contributed by atoms with E-state index in [9.17, 15) is 4.79 Å². The zero-order chi connectivity index (χ0) is 24.2. The van der Waals surface area contributed by atoms with Gasteiger partial charge in [-0.3, -0.25) is 10.2 Å². The van der Waals surface area contributed by atoms with Crippen molar-refractivity contribution in [2.45, 2.75) is 79.1 Å². The van der Waals surface area contributed by atoms with Gasteiger partial charge in [0.25, 0.3) is 0 Å². The first-order valence-corrected chi connectivity index (χ1v) is 11.6. The number of carbonyl (C=O) groups excluding carboxylic acids is 1. The number of fused-ring (bicyclic) bond motifs is 1. The Bertz CT molecular complexity index is 1170. The van der Waals surface area contributed by atoms with Gasteiger partial charge in [-0.1, -0.05) is 40.7 Å². The molecule has 8 heteroatoms. The molecule has 2 aromatic heterocycles. The van der Waals surface area contributed by atoms with Crippen LogP contribution in [0.15, 0.2) is 30.3 Å². The molecule has 1 N–H and O–H groups in total. The molecule has 3 rings (SSSR count). The van der Waals surface area contributed by atoms with E-state index < -0.39 is 0 Å². The Kier molecular flexibility index (Phi) is 7.68. The minimum atomic E-state index is -0.116. The SMILES string of the molecule is CCOCc1cc(C(=O)Cn2nc3ccc(OC(CC)CC)nn3c2=N)cc(C(C)(C)C)c1. The first-order chi connectivity index (χ1) is 15.7. The molecule has 0 atom stereocenters. The van der Waals surface area contributed by atoms with Gasteiger partial charge in [-0.2, -0.15) is 4.52 Å². The number of hydrogen-bond donors (Lipinski definition) is 1. The maximum Gasteiger partial charge on any atom is 0.242 e. The number of Topliss-reactive ketones (excluding diaryl/α,β-unsaturated/α-hetero) is 1. The fourth-order valence-electron chi connectivity index (χ4n) is 3.53. The molecule has 0 radical (unpaired) electrons. The first kappa shape index (κ1) is 24.6. The Morgan fingerprint density at radius 1 is 1.09 bits per heavy atom. The van der Waals surface area contributed by atoms with Crippen molar-refractivity contribution in [3.05, 3.63) is 52.6 Å². The van der Waals surface area contributed by atoms with E-state index in [0.717, 1.165) is 24.0 Å². The van der Waals surface area contributed by atoms with E-state index in [0.29, 0.717) is 30.3 Å².